The molecule has 0 amide bonds. The fraction of sp³-hybridized carbons (Fsp3) is 0.379. The van der Waals surface area contributed by atoms with Gasteiger partial charge in [-0.1, -0.05) is 133 Å². The first kappa shape index (κ1) is 41.7. The Morgan fingerprint density at radius 3 is 2.08 bits per heavy atom. The van der Waals surface area contributed by atoms with E-state index < -0.39 is 22.9 Å². The van der Waals surface area contributed by atoms with E-state index in [9.17, 15) is 2.74 Å². The van der Waals surface area contributed by atoms with E-state index in [0.29, 0.717) is 28.5 Å². The first-order valence-electron chi connectivity index (χ1n) is 23.5. The minimum Gasteiger partial charge on any atom is -0.507 e. The summed E-state index contributed by atoms with van der Waals surface area (Å²) in [6.07, 6.45) is 0.135. The molecule has 330 valence electrons. The van der Waals surface area contributed by atoms with Gasteiger partial charge in [-0.2, -0.15) is 6.07 Å². The number of pyridine rings is 1. The number of hydrogen-bond acceptors (Lipinski definition) is 4. The number of nitrogens with zero attached hydrogens (tertiary/aromatic N) is 3. The van der Waals surface area contributed by atoms with Crippen molar-refractivity contribution in [3.63, 3.8) is 0 Å². The zero-order valence-electron chi connectivity index (χ0n) is 42.3. The van der Waals surface area contributed by atoms with E-state index in [-0.39, 0.29) is 31.9 Å². The second-order valence-electron chi connectivity index (χ2n) is 21.7. The molecule has 10 rings (SSSR count). The first-order valence-corrected chi connectivity index (χ1v) is 22.5. The molecule has 6 heteroatoms. The van der Waals surface area contributed by atoms with Crippen molar-refractivity contribution in [2.75, 3.05) is 0 Å². The summed E-state index contributed by atoms with van der Waals surface area (Å²) in [5, 5.41) is 2.29. The Labute approximate surface area is 397 Å². The quantitative estimate of drug-likeness (QED) is 0.165. The number of aryl methyl sites for hydroxylation is 7. The van der Waals surface area contributed by atoms with Gasteiger partial charge in [-0.3, -0.25) is 4.99 Å². The van der Waals surface area contributed by atoms with Crippen LogP contribution in [0.2, 0.25) is 0 Å². The molecule has 2 aliphatic heterocycles. The van der Waals surface area contributed by atoms with Crippen LogP contribution in [0.3, 0.4) is 0 Å². The fourth-order valence-electron chi connectivity index (χ4n) is 11.2. The van der Waals surface area contributed by atoms with Gasteiger partial charge in [0.25, 0.3) is 0 Å². The van der Waals surface area contributed by atoms with Crippen molar-refractivity contribution in [3.8, 4) is 28.4 Å². The Hall–Kier alpha value is -4.99. The van der Waals surface area contributed by atoms with Gasteiger partial charge in [0.15, 0.2) is 5.60 Å². The smallest absolute Gasteiger partial charge is 0.507 e. The number of fused-ring (bicyclic) bond motifs is 8. The monoisotopic (exact) mass is 1030 g/mol. The Bertz CT molecular complexity index is 3270. The van der Waals surface area contributed by atoms with E-state index >= 15 is 0 Å². The first-order chi connectivity index (χ1) is 30.2. The van der Waals surface area contributed by atoms with Crippen molar-refractivity contribution in [2.45, 2.75) is 139 Å². The molecular weight excluding hydrogens is 966 g/mol. The molecule has 0 saturated carbocycles. The Balaban J connectivity index is 0.00000548. The summed E-state index contributed by atoms with van der Waals surface area (Å²) in [6.45, 7) is 34.6. The average Bonchev–Trinajstić information content (AvgIpc) is 3.74. The number of hydrogen-bond donors (Lipinski definition) is 0. The summed E-state index contributed by atoms with van der Waals surface area (Å²) >= 11 is 0. The van der Waals surface area contributed by atoms with Crippen LogP contribution in [0.5, 0.6) is 11.5 Å². The number of rotatable bonds is 4. The van der Waals surface area contributed by atoms with Crippen LogP contribution in [0.4, 0.5) is 0 Å². The van der Waals surface area contributed by atoms with Crippen molar-refractivity contribution >= 4 is 27.7 Å². The molecule has 0 bridgehead atoms. The topological polar surface area (TPSA) is 48.6 Å². The molecule has 2 aromatic heterocycles. The summed E-state index contributed by atoms with van der Waals surface area (Å²) in [4.78, 5) is 10.5. The molecule has 0 saturated heterocycles. The van der Waals surface area contributed by atoms with Crippen LogP contribution >= 0.6 is 0 Å². The fourth-order valence-corrected chi connectivity index (χ4v) is 11.2. The minimum absolute atomic E-state index is 0. The van der Waals surface area contributed by atoms with Crippen LogP contribution in [0.25, 0.3) is 38.8 Å². The van der Waals surface area contributed by atoms with E-state index in [1.165, 1.54) is 27.6 Å². The molecule has 2 atom stereocenters. The van der Waals surface area contributed by atoms with Crippen LogP contribution in [0.15, 0.2) is 71.9 Å². The Kier molecular flexibility index (Phi) is 9.29. The van der Waals surface area contributed by atoms with Crippen LogP contribution in [0.1, 0.15) is 137 Å². The Morgan fingerprint density at radius 1 is 0.719 bits per heavy atom. The summed E-state index contributed by atoms with van der Waals surface area (Å²) in [5.74, 6) is 2.35. The Morgan fingerprint density at radius 2 is 1.41 bits per heavy atom. The van der Waals surface area contributed by atoms with Crippen LogP contribution < -0.4 is 4.74 Å². The molecule has 0 N–H and O–H groups in total. The van der Waals surface area contributed by atoms with Gasteiger partial charge >= 0.3 is 21.1 Å². The van der Waals surface area contributed by atoms with E-state index in [1.807, 2.05) is 26.1 Å². The second-order valence-corrected chi connectivity index (χ2v) is 21.7. The van der Waals surface area contributed by atoms with Gasteiger partial charge in [0.1, 0.15) is 11.7 Å². The van der Waals surface area contributed by atoms with Crippen molar-refractivity contribution in [2.24, 2.45) is 10.4 Å². The molecule has 5 nitrogen and oxygen atoms in total. The van der Waals surface area contributed by atoms with E-state index in [4.69, 9.17) is 19.5 Å². The summed E-state index contributed by atoms with van der Waals surface area (Å²) in [7, 11) is 0. The van der Waals surface area contributed by atoms with Crippen LogP contribution in [-0.4, -0.2) is 21.0 Å². The molecule has 5 aromatic carbocycles. The zero-order valence-corrected chi connectivity index (χ0v) is 42.6. The van der Waals surface area contributed by atoms with E-state index in [2.05, 4.69) is 168 Å². The summed E-state index contributed by atoms with van der Waals surface area (Å²) in [5.41, 5.74) is 14.4. The van der Waals surface area contributed by atoms with Crippen molar-refractivity contribution in [1.82, 2.24) is 9.55 Å². The normalized spacial score (nSPS) is 20.8. The molecule has 7 aromatic rings. The van der Waals surface area contributed by atoms with E-state index in [1.54, 1.807) is 0 Å². The second kappa shape index (κ2) is 14.3. The summed E-state index contributed by atoms with van der Waals surface area (Å²) < 4.78 is 36.3. The van der Waals surface area contributed by atoms with Gasteiger partial charge in [-0.15, -0.1) is 23.1 Å². The summed E-state index contributed by atoms with van der Waals surface area (Å²) in [6, 6.07) is 29.4. The third-order valence-corrected chi connectivity index (χ3v) is 14.4. The van der Waals surface area contributed by atoms with Gasteiger partial charge < -0.3 is 14.0 Å². The standard InChI is InChI=1S/C58H61N3O2.Pt/c1-31-17-36(6)50(37(7)18-31)38-23-39(53-60-57(16)29-40-20-33(3)34(4)22-45(40)58(57,63-53)55(11,12)13)25-42(24-38)62-49-28-48-43(21-35(49)5)44-26-41(54(8,9)10)27-46-51(44)61(48)52-47(56(46,14)15)19-32(2)30-59-52;/h17-24,26-27,30H,29H2,1-16H3;/q-2;+2/t57-,58-;/m1./s1/i29D2;. The molecular formula is C58H61N3O2Pt. The molecule has 4 heterocycles. The molecule has 0 spiro atoms. The van der Waals surface area contributed by atoms with Gasteiger partial charge in [-0.05, 0) is 115 Å². The van der Waals surface area contributed by atoms with Crippen LogP contribution in [-0.2, 0) is 48.6 Å². The van der Waals surface area contributed by atoms with Gasteiger partial charge in [0, 0.05) is 54.3 Å². The maximum absolute atomic E-state index is 9.80. The predicted molar refractivity (Wildman–Crippen MR) is 259 cm³/mol. The predicted octanol–water partition coefficient (Wildman–Crippen LogP) is 14.4. The zero-order chi connectivity index (χ0) is 46.9. The number of ether oxygens (including phenoxy) is 2. The third-order valence-electron chi connectivity index (χ3n) is 14.4. The largest absolute Gasteiger partial charge is 2.00 e. The third kappa shape index (κ3) is 6.26. The molecule has 1 aliphatic carbocycles. The molecule has 3 aliphatic rings. The van der Waals surface area contributed by atoms with Gasteiger partial charge in [0.05, 0.1) is 5.54 Å². The van der Waals surface area contributed by atoms with Crippen LogP contribution in [0, 0.1) is 66.0 Å². The van der Waals surface area contributed by atoms with E-state index in [0.717, 1.165) is 72.3 Å². The van der Waals surface area contributed by atoms with Gasteiger partial charge in [-0.25, -0.2) is 4.98 Å². The molecule has 0 radical (unpaired) electrons. The van der Waals surface area contributed by atoms with Gasteiger partial charge in [0.2, 0.25) is 0 Å². The number of aromatic nitrogens is 2. The number of benzene rings is 5. The van der Waals surface area contributed by atoms with Crippen molar-refractivity contribution in [3.05, 3.63) is 151 Å². The number of aliphatic imine (C=N–C) groups is 1. The van der Waals surface area contributed by atoms with Crippen molar-refractivity contribution < 1.29 is 33.3 Å². The van der Waals surface area contributed by atoms with Crippen molar-refractivity contribution in [1.29, 1.82) is 0 Å². The molecule has 0 fully saturated rings. The SMILES string of the molecule is [2H]C1([2H])c2cc(C)c(C)cc2[C@]2(C(C)(C)C)OC(c3[c-]c(Oc4[c-]c5c(cc4C)c4cc(C(C)(C)C)cc6c4n5-c4ncc(C)cc4C6(C)C)cc(-c4c(C)cc(C)cc4C)c3)=N[C@]12C.[Pt+2]. The molecule has 0 unspecified atom stereocenters. The average molecular weight is 1030 g/mol. The maximum atomic E-state index is 9.80. The minimum atomic E-state index is -1.83. The maximum Gasteiger partial charge on any atom is 2.00 e. The molecule has 64 heavy (non-hydrogen) atoms.